The first-order valence-corrected chi connectivity index (χ1v) is 17.2. The normalized spacial score (nSPS) is 13.5. The van der Waals surface area contributed by atoms with Crippen molar-refractivity contribution < 1.29 is 31.8 Å². The molecule has 0 aliphatic carbocycles. The summed E-state index contributed by atoms with van der Waals surface area (Å²) in [6.45, 7) is 11.0. The number of primary sulfonamides is 1. The first-order chi connectivity index (χ1) is 18.3. The van der Waals surface area contributed by atoms with Crippen LogP contribution in [0.3, 0.4) is 0 Å². The number of nitrogens with two attached hydrogens (primary N) is 1. The highest BCUT2D eigenvalue weighted by molar-refractivity contribution is 7.92. The van der Waals surface area contributed by atoms with Crippen LogP contribution in [0, 0.1) is 0 Å². The molecular formula is C25H34ClN3O7S4. The van der Waals surface area contributed by atoms with Crippen LogP contribution in [-0.4, -0.2) is 33.1 Å². The van der Waals surface area contributed by atoms with Gasteiger partial charge in [-0.05, 0) is 83.0 Å². The van der Waals surface area contributed by atoms with E-state index >= 15 is 0 Å². The monoisotopic (exact) mass is 651 g/mol. The number of aliphatic hydroxyl groups excluding tert-OH is 2. The van der Waals surface area contributed by atoms with Gasteiger partial charge in [-0.2, -0.15) is 0 Å². The van der Waals surface area contributed by atoms with Gasteiger partial charge < -0.3 is 15.5 Å². The Morgan fingerprint density at radius 2 is 1.25 bits per heavy atom. The Morgan fingerprint density at radius 1 is 0.825 bits per heavy atom. The predicted molar refractivity (Wildman–Crippen MR) is 160 cm³/mol. The number of benzene rings is 1. The Morgan fingerprint density at radius 3 is 1.60 bits per heavy atom. The highest BCUT2D eigenvalue weighted by Crippen LogP contribution is 2.35. The number of anilines is 1. The van der Waals surface area contributed by atoms with Crippen molar-refractivity contribution in [2.24, 2.45) is 5.14 Å². The molecule has 0 aliphatic rings. The van der Waals surface area contributed by atoms with Gasteiger partial charge in [0.2, 0.25) is 10.0 Å². The molecule has 222 valence electrons. The lowest BCUT2D eigenvalue weighted by Gasteiger charge is -2.21. The quantitative estimate of drug-likeness (QED) is 0.209. The average molecular weight is 652 g/mol. The van der Waals surface area contributed by atoms with Crippen molar-refractivity contribution in [1.82, 2.24) is 4.72 Å². The maximum Gasteiger partial charge on any atom is 0.333 e. The van der Waals surface area contributed by atoms with Gasteiger partial charge in [-0.25, -0.2) is 31.5 Å². The molecular weight excluding hydrogens is 618 g/mol. The summed E-state index contributed by atoms with van der Waals surface area (Å²) in [5.41, 5.74) is 3.28. The van der Waals surface area contributed by atoms with Gasteiger partial charge in [0.1, 0.15) is 8.42 Å². The number of amides is 2. The second kappa shape index (κ2) is 13.7. The predicted octanol–water partition coefficient (Wildman–Crippen LogP) is 5.66. The number of hydrogen-bond donors (Lipinski definition) is 5. The number of nitrogens with one attached hydrogen (secondary N) is 2. The maximum atomic E-state index is 12.5. The second-order valence-corrected chi connectivity index (χ2v) is 15.6. The molecule has 2 aromatic heterocycles. The number of aliphatic hydroxyl groups is 2. The minimum Gasteiger partial charge on any atom is -0.389 e. The van der Waals surface area contributed by atoms with E-state index in [1.807, 2.05) is 32.4 Å². The van der Waals surface area contributed by atoms with Gasteiger partial charge in [0.25, 0.3) is 10.0 Å². The average Bonchev–Trinajstić information content (AvgIpc) is 3.50. The highest BCUT2D eigenvalue weighted by Gasteiger charge is 2.23. The standard InChI is InChI=1S/C19H25ClN2O4S2.C6H9NO3S2/c1-10(2)15-7-14(20)8-16(11(3)4)18(15)21-19(24)22-28(25,26)17-6-13(9-27-17)12(5)23;1-4(8)5-2-6(11-3-5)12(7,9)10/h6-12,23H,1-5H3,(H2,21,22,24);2-4,8H,1H3,(H2,7,9,10). The van der Waals surface area contributed by atoms with Gasteiger partial charge in [-0.15, -0.1) is 22.7 Å². The molecule has 2 unspecified atom stereocenters. The van der Waals surface area contributed by atoms with E-state index in [1.165, 1.54) is 12.1 Å². The van der Waals surface area contributed by atoms with Crippen molar-refractivity contribution in [2.45, 2.75) is 74.0 Å². The van der Waals surface area contributed by atoms with Crippen molar-refractivity contribution in [2.75, 3.05) is 5.32 Å². The maximum absolute atomic E-state index is 12.5. The van der Waals surface area contributed by atoms with E-state index < -0.39 is 38.3 Å². The van der Waals surface area contributed by atoms with Crippen LogP contribution < -0.4 is 15.2 Å². The van der Waals surface area contributed by atoms with E-state index in [2.05, 4.69) is 5.32 Å². The summed E-state index contributed by atoms with van der Waals surface area (Å²) in [6, 6.07) is 5.43. The van der Waals surface area contributed by atoms with Crippen LogP contribution in [0.4, 0.5) is 10.5 Å². The number of rotatable bonds is 8. The van der Waals surface area contributed by atoms with Gasteiger partial charge in [-0.1, -0.05) is 39.3 Å². The Bertz CT molecular complexity index is 1510. The number of urea groups is 1. The lowest BCUT2D eigenvalue weighted by molar-refractivity contribution is 0.199. The number of sulfonamides is 2. The molecule has 0 radical (unpaired) electrons. The Hall–Kier alpha value is -2.04. The smallest absolute Gasteiger partial charge is 0.333 e. The number of hydrogen-bond acceptors (Lipinski definition) is 9. The summed E-state index contributed by atoms with van der Waals surface area (Å²) in [4.78, 5) is 12.5. The zero-order chi connectivity index (χ0) is 30.6. The molecule has 10 nitrogen and oxygen atoms in total. The molecule has 1 aromatic carbocycles. The number of thiophene rings is 2. The molecule has 0 spiro atoms. The van der Waals surface area contributed by atoms with Crippen LogP contribution in [0.2, 0.25) is 5.02 Å². The minimum absolute atomic E-state index is 0.0391. The number of halogens is 1. The Kier molecular flexibility index (Phi) is 11.7. The molecule has 6 N–H and O–H groups in total. The molecule has 3 aromatic rings. The van der Waals surface area contributed by atoms with Crippen LogP contribution in [-0.2, 0) is 20.0 Å². The van der Waals surface area contributed by atoms with Gasteiger partial charge in [0.15, 0.2) is 0 Å². The second-order valence-electron chi connectivity index (χ2n) is 9.62. The van der Waals surface area contributed by atoms with Gasteiger partial charge in [0.05, 0.1) is 12.2 Å². The van der Waals surface area contributed by atoms with Crippen molar-refractivity contribution in [3.8, 4) is 0 Å². The van der Waals surface area contributed by atoms with E-state index in [-0.39, 0.29) is 20.3 Å². The van der Waals surface area contributed by atoms with E-state index in [1.54, 1.807) is 36.7 Å². The molecule has 0 bridgehead atoms. The van der Waals surface area contributed by atoms with Crippen LogP contribution in [0.25, 0.3) is 0 Å². The summed E-state index contributed by atoms with van der Waals surface area (Å²) in [6.07, 6.45) is -1.44. The van der Waals surface area contributed by atoms with Gasteiger partial charge in [-0.3, -0.25) is 0 Å². The van der Waals surface area contributed by atoms with E-state index in [0.29, 0.717) is 21.8 Å². The molecule has 40 heavy (non-hydrogen) atoms. The van der Waals surface area contributed by atoms with E-state index in [9.17, 15) is 26.7 Å². The lowest BCUT2D eigenvalue weighted by Crippen LogP contribution is -2.34. The fourth-order valence-electron chi connectivity index (χ4n) is 3.40. The van der Waals surface area contributed by atoms with Crippen molar-refractivity contribution >= 4 is 66.0 Å². The van der Waals surface area contributed by atoms with Crippen molar-refractivity contribution in [3.05, 3.63) is 62.3 Å². The van der Waals surface area contributed by atoms with E-state index in [0.717, 1.165) is 33.8 Å². The Balaban J connectivity index is 0.000000389. The fraction of sp³-hybridized carbons (Fsp3) is 0.400. The third-order valence-electron chi connectivity index (χ3n) is 5.58. The first kappa shape index (κ1) is 34.2. The topological polar surface area (TPSA) is 176 Å². The van der Waals surface area contributed by atoms with Crippen molar-refractivity contribution in [3.63, 3.8) is 0 Å². The lowest BCUT2D eigenvalue weighted by atomic mass is 9.92. The van der Waals surface area contributed by atoms with Crippen LogP contribution in [0.5, 0.6) is 0 Å². The third-order valence-corrected chi connectivity index (χ3v) is 11.0. The van der Waals surface area contributed by atoms with Crippen molar-refractivity contribution in [1.29, 1.82) is 0 Å². The molecule has 0 saturated carbocycles. The van der Waals surface area contributed by atoms with Crippen LogP contribution >= 0.6 is 34.3 Å². The fourth-order valence-corrected chi connectivity index (χ4v) is 7.53. The molecule has 0 aliphatic heterocycles. The largest absolute Gasteiger partial charge is 0.389 e. The van der Waals surface area contributed by atoms with Crippen LogP contribution in [0.1, 0.15) is 87.8 Å². The summed E-state index contributed by atoms with van der Waals surface area (Å²) in [7, 11) is -7.66. The molecule has 2 heterocycles. The molecule has 15 heteroatoms. The van der Waals surface area contributed by atoms with Gasteiger partial charge >= 0.3 is 6.03 Å². The Labute approximate surface area is 248 Å². The summed E-state index contributed by atoms with van der Waals surface area (Å²) >= 11 is 8.17. The molecule has 2 atom stereocenters. The van der Waals surface area contributed by atoms with Crippen LogP contribution in [0.15, 0.2) is 43.4 Å². The number of carbonyl (C=O) groups is 1. The summed E-state index contributed by atoms with van der Waals surface area (Å²) in [5, 5.41) is 29.9. The zero-order valence-electron chi connectivity index (χ0n) is 22.8. The summed E-state index contributed by atoms with van der Waals surface area (Å²) < 4.78 is 48.6. The SMILES string of the molecule is CC(C)c1cc(Cl)cc(C(C)C)c1NC(=O)NS(=O)(=O)c1cc(C(C)O)cs1.CC(O)c1csc(S(N)(=O)=O)c1. The minimum atomic E-state index is -4.05. The summed E-state index contributed by atoms with van der Waals surface area (Å²) in [5.74, 6) is 0.156. The molecule has 0 fully saturated rings. The highest BCUT2D eigenvalue weighted by atomic mass is 35.5. The third kappa shape index (κ3) is 9.24. The molecule has 2 amide bonds. The first-order valence-electron chi connectivity index (χ1n) is 12.1. The molecule has 3 rings (SSSR count). The zero-order valence-corrected chi connectivity index (χ0v) is 26.8. The van der Waals surface area contributed by atoms with E-state index in [4.69, 9.17) is 21.8 Å². The molecule has 0 saturated heterocycles. The number of carbonyl (C=O) groups excluding carboxylic acids is 1. The van der Waals surface area contributed by atoms with Gasteiger partial charge in [0, 0.05) is 10.7 Å².